The van der Waals surface area contributed by atoms with Gasteiger partial charge in [0.25, 0.3) is 0 Å². The fraction of sp³-hybridized carbons (Fsp3) is 1.00. The third-order valence-electron chi connectivity index (χ3n) is 4.38. The zero-order valence-electron chi connectivity index (χ0n) is 8.84. The molecule has 5 N–H and O–H groups in total. The molecule has 4 bridgehead atoms. The van der Waals surface area contributed by atoms with Gasteiger partial charge in [0.15, 0.2) is 0 Å². The number of hydrogen-bond donors (Lipinski definition) is 3. The van der Waals surface area contributed by atoms with Crippen LogP contribution in [-0.2, 0) is 0 Å². The molecule has 0 amide bonds. The minimum Gasteiger partial charge on any atom is -0.390 e. The van der Waals surface area contributed by atoms with Crippen molar-refractivity contribution >= 4 is 0 Å². The quantitative estimate of drug-likeness (QED) is 0.528. The summed E-state index contributed by atoms with van der Waals surface area (Å²) >= 11 is 0. The van der Waals surface area contributed by atoms with Gasteiger partial charge in [-0.3, -0.25) is 0 Å². The van der Waals surface area contributed by atoms with Gasteiger partial charge in [0.1, 0.15) is 0 Å². The van der Waals surface area contributed by atoms with E-state index < -0.39 is 5.60 Å². The average Bonchev–Trinajstić information content (AvgIpc) is 1.67. The third-order valence-corrected chi connectivity index (χ3v) is 4.38. The summed E-state index contributed by atoms with van der Waals surface area (Å²) in [6, 6.07) is 0. The highest BCUT2D eigenvalue weighted by Crippen LogP contribution is 2.62. The first-order valence-electron chi connectivity index (χ1n) is 5.54. The van der Waals surface area contributed by atoms with Crippen molar-refractivity contribution in [2.75, 3.05) is 0 Å². The summed E-state index contributed by atoms with van der Waals surface area (Å²) in [7, 11) is 0. The highest BCUT2D eigenvalue weighted by molar-refractivity contribution is 5.21. The molecule has 0 radical (unpaired) electrons. The molecule has 0 heterocycles. The van der Waals surface area contributed by atoms with Crippen LogP contribution in [0.1, 0.15) is 45.4 Å². The van der Waals surface area contributed by atoms with Gasteiger partial charge < -0.3 is 16.6 Å². The SMILES string of the molecule is CC12CC3(N)CC(N)(C1)CC(O)(C2)C3. The Labute approximate surface area is 84.8 Å². The molecule has 4 aliphatic carbocycles. The lowest BCUT2D eigenvalue weighted by Gasteiger charge is -2.66. The Morgan fingerprint density at radius 2 is 1.36 bits per heavy atom. The molecule has 3 nitrogen and oxygen atoms in total. The van der Waals surface area contributed by atoms with Crippen LogP contribution in [-0.4, -0.2) is 21.8 Å². The summed E-state index contributed by atoms with van der Waals surface area (Å²) in [5, 5.41) is 10.4. The Kier molecular flexibility index (Phi) is 1.33. The van der Waals surface area contributed by atoms with E-state index in [4.69, 9.17) is 11.5 Å². The standard InChI is InChI=1S/C11H20N2O/c1-8-2-9(12)5-10(13,3-8)7-11(14,4-8)6-9/h14H,2-7,12-13H2,1H3. The van der Waals surface area contributed by atoms with Crippen molar-refractivity contribution < 1.29 is 5.11 Å². The van der Waals surface area contributed by atoms with Crippen molar-refractivity contribution in [3.05, 3.63) is 0 Å². The third kappa shape index (κ3) is 1.09. The molecule has 0 aliphatic heterocycles. The predicted molar refractivity (Wildman–Crippen MR) is 54.6 cm³/mol. The van der Waals surface area contributed by atoms with Crippen LogP contribution >= 0.6 is 0 Å². The van der Waals surface area contributed by atoms with E-state index in [2.05, 4.69) is 6.92 Å². The lowest BCUT2D eigenvalue weighted by Crippen LogP contribution is -2.74. The summed E-state index contributed by atoms with van der Waals surface area (Å²) in [5.41, 5.74) is 11.9. The first-order valence-corrected chi connectivity index (χ1v) is 5.54. The second-order valence-electron chi connectivity index (χ2n) is 6.82. The predicted octanol–water partition coefficient (Wildman–Crippen LogP) is 0.500. The van der Waals surface area contributed by atoms with E-state index in [9.17, 15) is 5.11 Å². The van der Waals surface area contributed by atoms with Crippen LogP contribution in [0.5, 0.6) is 0 Å². The van der Waals surface area contributed by atoms with Gasteiger partial charge in [0, 0.05) is 11.1 Å². The summed E-state index contributed by atoms with van der Waals surface area (Å²) in [4.78, 5) is 0. The van der Waals surface area contributed by atoms with Crippen LogP contribution in [0, 0.1) is 5.41 Å². The number of aliphatic hydroxyl groups is 1. The number of hydrogen-bond acceptors (Lipinski definition) is 3. The maximum Gasteiger partial charge on any atom is 0.0688 e. The van der Waals surface area contributed by atoms with Gasteiger partial charge in [-0.05, 0) is 43.9 Å². The molecule has 2 atom stereocenters. The van der Waals surface area contributed by atoms with Gasteiger partial charge in [0.05, 0.1) is 5.60 Å². The van der Waals surface area contributed by atoms with Crippen LogP contribution in [0.15, 0.2) is 0 Å². The van der Waals surface area contributed by atoms with Crippen molar-refractivity contribution in [2.45, 2.75) is 62.1 Å². The summed E-state index contributed by atoms with van der Waals surface area (Å²) < 4.78 is 0. The number of nitrogens with two attached hydrogens (primary N) is 2. The molecule has 4 rings (SSSR count). The van der Waals surface area contributed by atoms with Gasteiger partial charge in [-0.25, -0.2) is 0 Å². The molecule has 0 aromatic heterocycles. The summed E-state index contributed by atoms with van der Waals surface area (Å²) in [5.74, 6) is 0. The second-order valence-corrected chi connectivity index (χ2v) is 6.82. The molecule has 4 fully saturated rings. The van der Waals surface area contributed by atoms with Crippen LogP contribution < -0.4 is 11.5 Å². The van der Waals surface area contributed by atoms with Crippen LogP contribution in [0.3, 0.4) is 0 Å². The Morgan fingerprint density at radius 3 is 1.71 bits per heavy atom. The zero-order valence-corrected chi connectivity index (χ0v) is 8.84. The Hall–Kier alpha value is -0.120. The van der Waals surface area contributed by atoms with Crippen LogP contribution in [0.4, 0.5) is 0 Å². The van der Waals surface area contributed by atoms with Crippen LogP contribution in [0.25, 0.3) is 0 Å². The smallest absolute Gasteiger partial charge is 0.0688 e. The van der Waals surface area contributed by atoms with E-state index in [1.165, 1.54) is 0 Å². The fourth-order valence-corrected chi connectivity index (χ4v) is 5.26. The van der Waals surface area contributed by atoms with E-state index in [1.54, 1.807) is 0 Å². The normalized spacial score (nSPS) is 66.0. The highest BCUT2D eigenvalue weighted by atomic mass is 16.3. The molecular weight excluding hydrogens is 176 g/mol. The van der Waals surface area contributed by atoms with Crippen molar-refractivity contribution in [2.24, 2.45) is 16.9 Å². The molecule has 0 aromatic rings. The lowest BCUT2D eigenvalue weighted by molar-refractivity contribution is -0.173. The summed E-state index contributed by atoms with van der Waals surface area (Å²) in [6.45, 7) is 2.23. The largest absolute Gasteiger partial charge is 0.390 e. The Balaban J connectivity index is 2.08. The van der Waals surface area contributed by atoms with Crippen molar-refractivity contribution in [3.8, 4) is 0 Å². The lowest BCUT2D eigenvalue weighted by atomic mass is 9.44. The molecule has 0 spiro atoms. The van der Waals surface area contributed by atoms with Gasteiger partial charge in [-0.1, -0.05) is 6.92 Å². The van der Waals surface area contributed by atoms with E-state index in [-0.39, 0.29) is 16.5 Å². The Bertz CT molecular complexity index is 206. The molecule has 0 saturated heterocycles. The van der Waals surface area contributed by atoms with Gasteiger partial charge in [-0.2, -0.15) is 0 Å². The topological polar surface area (TPSA) is 72.3 Å². The molecule has 4 saturated carbocycles. The highest BCUT2D eigenvalue weighted by Gasteiger charge is 2.64. The first kappa shape index (κ1) is 9.13. The monoisotopic (exact) mass is 196 g/mol. The molecule has 2 unspecified atom stereocenters. The average molecular weight is 196 g/mol. The van der Waals surface area contributed by atoms with E-state index in [0.29, 0.717) is 0 Å². The number of rotatable bonds is 0. The Morgan fingerprint density at radius 1 is 0.857 bits per heavy atom. The zero-order chi connectivity index (χ0) is 10.2. The second kappa shape index (κ2) is 2.04. The van der Waals surface area contributed by atoms with Crippen LogP contribution in [0.2, 0.25) is 0 Å². The summed E-state index contributed by atoms with van der Waals surface area (Å²) in [6.07, 6.45) is 5.40. The van der Waals surface area contributed by atoms with Gasteiger partial charge in [0.2, 0.25) is 0 Å². The van der Waals surface area contributed by atoms with E-state index >= 15 is 0 Å². The van der Waals surface area contributed by atoms with Crippen molar-refractivity contribution in [1.29, 1.82) is 0 Å². The fourth-order valence-electron chi connectivity index (χ4n) is 5.26. The van der Waals surface area contributed by atoms with Gasteiger partial charge in [-0.15, -0.1) is 0 Å². The minimum absolute atomic E-state index is 0.188. The molecule has 4 aliphatic rings. The van der Waals surface area contributed by atoms with Crippen molar-refractivity contribution in [1.82, 2.24) is 0 Å². The maximum absolute atomic E-state index is 10.4. The first-order chi connectivity index (χ1) is 6.24. The van der Waals surface area contributed by atoms with Gasteiger partial charge >= 0.3 is 0 Å². The van der Waals surface area contributed by atoms with E-state index in [1.807, 2.05) is 0 Å². The maximum atomic E-state index is 10.4. The molecule has 0 aromatic carbocycles. The minimum atomic E-state index is -0.562. The molecule has 14 heavy (non-hydrogen) atoms. The molecular formula is C11H20N2O. The molecule has 80 valence electrons. The van der Waals surface area contributed by atoms with E-state index in [0.717, 1.165) is 38.5 Å². The van der Waals surface area contributed by atoms with Crippen molar-refractivity contribution in [3.63, 3.8) is 0 Å². The molecule has 3 heteroatoms.